The molecule has 20 heavy (non-hydrogen) atoms. The first-order chi connectivity index (χ1) is 9.71. The molecular weight excluding hydrogens is 276 g/mol. The molecule has 5 nitrogen and oxygen atoms in total. The van der Waals surface area contributed by atoms with E-state index in [1.807, 2.05) is 28.9 Å². The molecule has 0 fully saturated rings. The number of nitrogens with one attached hydrogen (secondary N) is 1. The van der Waals surface area contributed by atoms with Crippen LogP contribution in [0.5, 0.6) is 5.75 Å². The molecule has 0 amide bonds. The lowest BCUT2D eigenvalue weighted by atomic mass is 10.0. The summed E-state index contributed by atoms with van der Waals surface area (Å²) >= 11 is 5.93. The summed E-state index contributed by atoms with van der Waals surface area (Å²) in [5.74, 6) is 6.46. The SMILES string of the molecule is CCCn1ncc(OC)c1C(NN)c1ccc(Cl)cc1. The van der Waals surface area contributed by atoms with E-state index in [9.17, 15) is 0 Å². The summed E-state index contributed by atoms with van der Waals surface area (Å²) < 4.78 is 7.31. The molecule has 0 aliphatic heterocycles. The molecule has 1 aromatic heterocycles. The van der Waals surface area contributed by atoms with Gasteiger partial charge < -0.3 is 4.74 Å². The van der Waals surface area contributed by atoms with Gasteiger partial charge in [0, 0.05) is 11.6 Å². The second-order valence-electron chi connectivity index (χ2n) is 4.47. The van der Waals surface area contributed by atoms with Gasteiger partial charge in [0.2, 0.25) is 0 Å². The summed E-state index contributed by atoms with van der Waals surface area (Å²) in [6.45, 7) is 2.91. The first-order valence-electron chi connectivity index (χ1n) is 6.52. The summed E-state index contributed by atoms with van der Waals surface area (Å²) in [5.41, 5.74) is 4.75. The van der Waals surface area contributed by atoms with Crippen LogP contribution in [0.1, 0.15) is 30.6 Å². The Morgan fingerprint density at radius 2 is 2.10 bits per heavy atom. The topological polar surface area (TPSA) is 65.1 Å². The first-order valence-corrected chi connectivity index (χ1v) is 6.90. The second-order valence-corrected chi connectivity index (χ2v) is 4.91. The van der Waals surface area contributed by atoms with Gasteiger partial charge in [-0.05, 0) is 24.1 Å². The number of rotatable bonds is 6. The Hall–Kier alpha value is -1.56. The van der Waals surface area contributed by atoms with Gasteiger partial charge in [-0.25, -0.2) is 5.43 Å². The van der Waals surface area contributed by atoms with Crippen LogP contribution in [0, 0.1) is 0 Å². The molecule has 0 spiro atoms. The fraction of sp³-hybridized carbons (Fsp3) is 0.357. The Balaban J connectivity index is 2.44. The number of hydrogen-bond donors (Lipinski definition) is 2. The van der Waals surface area contributed by atoms with E-state index < -0.39 is 0 Å². The maximum atomic E-state index is 5.93. The van der Waals surface area contributed by atoms with Gasteiger partial charge in [0.1, 0.15) is 5.69 Å². The van der Waals surface area contributed by atoms with Crippen LogP contribution in [0.15, 0.2) is 30.5 Å². The highest BCUT2D eigenvalue weighted by molar-refractivity contribution is 6.30. The number of halogens is 1. The van der Waals surface area contributed by atoms with Crippen LogP contribution >= 0.6 is 11.6 Å². The second kappa shape index (κ2) is 6.74. The number of aryl methyl sites for hydroxylation is 1. The summed E-state index contributed by atoms with van der Waals surface area (Å²) in [6, 6.07) is 7.37. The molecule has 0 bridgehead atoms. The van der Waals surface area contributed by atoms with E-state index >= 15 is 0 Å². The molecule has 1 heterocycles. The normalized spacial score (nSPS) is 12.4. The number of ether oxygens (including phenoxy) is 1. The van der Waals surface area contributed by atoms with Gasteiger partial charge >= 0.3 is 0 Å². The van der Waals surface area contributed by atoms with E-state index in [2.05, 4.69) is 17.4 Å². The highest BCUT2D eigenvalue weighted by Gasteiger charge is 2.22. The molecule has 0 saturated heterocycles. The average Bonchev–Trinajstić information content (AvgIpc) is 2.85. The van der Waals surface area contributed by atoms with Crippen LogP contribution < -0.4 is 16.0 Å². The Bertz CT molecular complexity index is 553. The number of benzene rings is 1. The van der Waals surface area contributed by atoms with Crippen molar-refractivity contribution in [3.63, 3.8) is 0 Å². The van der Waals surface area contributed by atoms with Crippen LogP contribution in [0.25, 0.3) is 0 Å². The third kappa shape index (κ3) is 2.95. The minimum absolute atomic E-state index is 0.198. The summed E-state index contributed by atoms with van der Waals surface area (Å²) in [7, 11) is 1.63. The van der Waals surface area contributed by atoms with Crippen molar-refractivity contribution in [2.45, 2.75) is 25.9 Å². The van der Waals surface area contributed by atoms with Crippen molar-refractivity contribution in [1.29, 1.82) is 0 Å². The Kier molecular flexibility index (Phi) is 5.00. The molecule has 0 radical (unpaired) electrons. The van der Waals surface area contributed by atoms with Gasteiger partial charge in [-0.1, -0.05) is 30.7 Å². The molecule has 0 aliphatic rings. The zero-order chi connectivity index (χ0) is 14.5. The predicted octanol–water partition coefficient (Wildman–Crippen LogP) is 2.51. The fourth-order valence-corrected chi connectivity index (χ4v) is 2.33. The predicted molar refractivity (Wildman–Crippen MR) is 79.7 cm³/mol. The van der Waals surface area contributed by atoms with Crippen molar-refractivity contribution in [2.75, 3.05) is 7.11 Å². The van der Waals surface area contributed by atoms with E-state index in [0.29, 0.717) is 5.02 Å². The molecule has 6 heteroatoms. The van der Waals surface area contributed by atoms with E-state index in [0.717, 1.165) is 30.0 Å². The van der Waals surface area contributed by atoms with E-state index in [1.165, 1.54) is 0 Å². The maximum Gasteiger partial charge on any atom is 0.161 e. The van der Waals surface area contributed by atoms with Gasteiger partial charge in [0.15, 0.2) is 5.75 Å². The van der Waals surface area contributed by atoms with Gasteiger partial charge in [0.05, 0.1) is 19.3 Å². The van der Waals surface area contributed by atoms with Crippen molar-refractivity contribution >= 4 is 11.6 Å². The van der Waals surface area contributed by atoms with Crippen molar-refractivity contribution in [2.24, 2.45) is 5.84 Å². The molecule has 1 atom stereocenters. The van der Waals surface area contributed by atoms with Crippen LogP contribution in [-0.2, 0) is 6.54 Å². The highest BCUT2D eigenvalue weighted by Crippen LogP contribution is 2.30. The smallest absolute Gasteiger partial charge is 0.161 e. The summed E-state index contributed by atoms with van der Waals surface area (Å²) in [5, 5.41) is 5.05. The molecule has 108 valence electrons. The molecule has 0 saturated carbocycles. The highest BCUT2D eigenvalue weighted by atomic mass is 35.5. The van der Waals surface area contributed by atoms with E-state index in [1.54, 1.807) is 13.3 Å². The van der Waals surface area contributed by atoms with Crippen LogP contribution in [0.2, 0.25) is 5.02 Å². The number of hydrogen-bond acceptors (Lipinski definition) is 4. The lowest BCUT2D eigenvalue weighted by Crippen LogP contribution is -2.31. The van der Waals surface area contributed by atoms with Crippen LogP contribution in [0.4, 0.5) is 0 Å². The Morgan fingerprint density at radius 3 is 2.65 bits per heavy atom. The van der Waals surface area contributed by atoms with Crippen molar-refractivity contribution in [3.05, 3.63) is 46.7 Å². The zero-order valence-electron chi connectivity index (χ0n) is 11.6. The number of methoxy groups -OCH3 is 1. The van der Waals surface area contributed by atoms with Gasteiger partial charge in [0.25, 0.3) is 0 Å². The van der Waals surface area contributed by atoms with Crippen molar-refractivity contribution in [3.8, 4) is 5.75 Å². The monoisotopic (exact) mass is 294 g/mol. The summed E-state index contributed by atoms with van der Waals surface area (Å²) in [4.78, 5) is 0. The lowest BCUT2D eigenvalue weighted by Gasteiger charge is -2.19. The first kappa shape index (κ1) is 14.8. The fourth-order valence-electron chi connectivity index (χ4n) is 2.20. The number of hydrazine groups is 1. The summed E-state index contributed by atoms with van der Waals surface area (Å²) in [6.07, 6.45) is 2.70. The average molecular weight is 295 g/mol. The molecule has 3 N–H and O–H groups in total. The van der Waals surface area contributed by atoms with E-state index in [-0.39, 0.29) is 6.04 Å². The molecule has 2 aromatic rings. The van der Waals surface area contributed by atoms with Crippen molar-refractivity contribution in [1.82, 2.24) is 15.2 Å². The van der Waals surface area contributed by atoms with Gasteiger partial charge in [-0.3, -0.25) is 10.5 Å². The van der Waals surface area contributed by atoms with Crippen molar-refractivity contribution < 1.29 is 4.74 Å². The molecule has 1 aromatic carbocycles. The minimum atomic E-state index is -0.198. The third-order valence-electron chi connectivity index (χ3n) is 3.14. The lowest BCUT2D eigenvalue weighted by molar-refractivity contribution is 0.398. The molecular formula is C14H19ClN4O. The Labute approximate surface area is 123 Å². The maximum absolute atomic E-state index is 5.93. The van der Waals surface area contributed by atoms with Crippen LogP contribution in [0.3, 0.4) is 0 Å². The van der Waals surface area contributed by atoms with E-state index in [4.69, 9.17) is 22.2 Å². The van der Waals surface area contributed by atoms with Gasteiger partial charge in [-0.2, -0.15) is 5.10 Å². The van der Waals surface area contributed by atoms with Crippen LogP contribution in [-0.4, -0.2) is 16.9 Å². The largest absolute Gasteiger partial charge is 0.493 e. The number of aromatic nitrogens is 2. The molecule has 1 unspecified atom stereocenters. The third-order valence-corrected chi connectivity index (χ3v) is 3.40. The number of nitrogens with zero attached hydrogens (tertiary/aromatic N) is 2. The van der Waals surface area contributed by atoms with Gasteiger partial charge in [-0.15, -0.1) is 0 Å². The molecule has 2 rings (SSSR count). The quantitative estimate of drug-likeness (QED) is 0.635. The standard InChI is InChI=1S/C14H19ClN4O/c1-3-8-19-14(12(20-2)9-17-19)13(18-16)10-4-6-11(15)7-5-10/h4-7,9,13,18H,3,8,16H2,1-2H3. The number of nitrogens with two attached hydrogens (primary N) is 1. The zero-order valence-corrected chi connectivity index (χ0v) is 12.4. The Morgan fingerprint density at radius 1 is 1.40 bits per heavy atom. The molecule has 0 aliphatic carbocycles. The minimum Gasteiger partial charge on any atom is -0.493 e.